The molecule has 0 atom stereocenters. The Bertz CT molecular complexity index is 556. The van der Waals surface area contributed by atoms with Crippen LogP contribution >= 0.6 is 0 Å². The number of likely N-dealkylation sites (tertiary alicyclic amines) is 1. The van der Waals surface area contributed by atoms with Crippen molar-refractivity contribution in [2.45, 2.75) is 19.8 Å². The van der Waals surface area contributed by atoms with E-state index in [2.05, 4.69) is 44.7 Å². The van der Waals surface area contributed by atoms with Gasteiger partial charge in [0, 0.05) is 6.54 Å². The van der Waals surface area contributed by atoms with Crippen molar-refractivity contribution in [1.29, 1.82) is 0 Å². The Morgan fingerprint density at radius 2 is 2.11 bits per heavy atom. The van der Waals surface area contributed by atoms with Crippen LogP contribution in [0.3, 0.4) is 0 Å². The lowest BCUT2D eigenvalue weighted by Gasteiger charge is -2.38. The van der Waals surface area contributed by atoms with Gasteiger partial charge in [-0.3, -0.25) is 4.98 Å². The third kappa shape index (κ3) is 2.51. The van der Waals surface area contributed by atoms with Crippen LogP contribution in [-0.4, -0.2) is 56.6 Å². The zero-order valence-corrected chi connectivity index (χ0v) is 11.4. The molecule has 1 N–H and O–H groups in total. The Morgan fingerprint density at radius 3 is 2.89 bits per heavy atom. The summed E-state index contributed by atoms with van der Waals surface area (Å²) in [6.07, 6.45) is 5.83. The molecule has 19 heavy (non-hydrogen) atoms. The normalized spacial score (nSPS) is 19.7. The largest absolute Gasteiger partial charge is 0.368 e. The number of anilines is 1. The van der Waals surface area contributed by atoms with Gasteiger partial charge in [0.25, 0.3) is 0 Å². The van der Waals surface area contributed by atoms with Crippen LogP contribution in [-0.2, 0) is 0 Å². The molecule has 1 fully saturated rings. The van der Waals surface area contributed by atoms with Crippen LogP contribution in [0, 0.1) is 5.41 Å². The SMILES string of the molecule is CN1CCC(C)(CNc2cncc3nnnn23)CC1. The minimum absolute atomic E-state index is 0.322. The maximum absolute atomic E-state index is 4.15. The van der Waals surface area contributed by atoms with Gasteiger partial charge in [-0.15, -0.1) is 5.10 Å². The summed E-state index contributed by atoms with van der Waals surface area (Å²) in [5.74, 6) is 0.850. The summed E-state index contributed by atoms with van der Waals surface area (Å²) in [6.45, 7) is 5.57. The van der Waals surface area contributed by atoms with Crippen LogP contribution in [0.15, 0.2) is 12.4 Å². The average Bonchev–Trinajstić information content (AvgIpc) is 2.89. The number of nitrogens with one attached hydrogen (secondary N) is 1. The van der Waals surface area contributed by atoms with Crippen molar-refractivity contribution < 1.29 is 0 Å². The van der Waals surface area contributed by atoms with Gasteiger partial charge in [-0.1, -0.05) is 6.92 Å². The second-order valence-corrected chi connectivity index (χ2v) is 5.71. The van der Waals surface area contributed by atoms with Crippen molar-refractivity contribution in [3.8, 4) is 0 Å². The first-order chi connectivity index (χ1) is 9.16. The highest BCUT2D eigenvalue weighted by Crippen LogP contribution is 2.30. The summed E-state index contributed by atoms with van der Waals surface area (Å²) in [4.78, 5) is 6.53. The Labute approximate surface area is 112 Å². The fourth-order valence-corrected chi connectivity index (χ4v) is 2.43. The molecule has 2 aromatic rings. The van der Waals surface area contributed by atoms with Gasteiger partial charge in [0.05, 0.1) is 12.4 Å². The molecule has 0 aromatic carbocycles. The molecular weight excluding hydrogens is 242 g/mol. The molecule has 7 heteroatoms. The standard InChI is InChI=1S/C12H19N7/c1-12(3-5-18(2)6-4-12)9-14-10-7-13-8-11-15-16-17-19(10)11/h7-8,14H,3-6,9H2,1-2H3. The summed E-state index contributed by atoms with van der Waals surface area (Å²) in [7, 11) is 2.18. The van der Waals surface area contributed by atoms with Crippen LogP contribution in [0.4, 0.5) is 5.82 Å². The lowest BCUT2D eigenvalue weighted by Crippen LogP contribution is -2.40. The van der Waals surface area contributed by atoms with E-state index < -0.39 is 0 Å². The highest BCUT2D eigenvalue weighted by Gasteiger charge is 2.28. The Hall–Kier alpha value is -1.76. The number of piperidine rings is 1. The minimum Gasteiger partial charge on any atom is -0.368 e. The predicted molar refractivity (Wildman–Crippen MR) is 71.9 cm³/mol. The predicted octanol–water partition coefficient (Wildman–Crippen LogP) is 0.663. The van der Waals surface area contributed by atoms with Gasteiger partial charge < -0.3 is 10.2 Å². The first-order valence-corrected chi connectivity index (χ1v) is 6.61. The van der Waals surface area contributed by atoms with E-state index >= 15 is 0 Å². The Balaban J connectivity index is 1.70. The first kappa shape index (κ1) is 12.3. The number of fused-ring (bicyclic) bond motifs is 1. The average molecular weight is 261 g/mol. The van der Waals surface area contributed by atoms with Gasteiger partial charge in [-0.25, -0.2) is 0 Å². The number of aromatic nitrogens is 5. The molecule has 3 rings (SSSR count). The molecule has 7 nitrogen and oxygen atoms in total. The second-order valence-electron chi connectivity index (χ2n) is 5.71. The van der Waals surface area contributed by atoms with Crippen molar-refractivity contribution in [3.63, 3.8) is 0 Å². The molecule has 1 aliphatic rings. The monoisotopic (exact) mass is 261 g/mol. The summed E-state index contributed by atoms with van der Waals surface area (Å²) in [5, 5.41) is 15.0. The van der Waals surface area contributed by atoms with Crippen molar-refractivity contribution in [3.05, 3.63) is 12.4 Å². The van der Waals surface area contributed by atoms with E-state index in [4.69, 9.17) is 0 Å². The highest BCUT2D eigenvalue weighted by molar-refractivity contribution is 5.43. The molecule has 0 spiro atoms. The van der Waals surface area contributed by atoms with Crippen LogP contribution < -0.4 is 5.32 Å². The molecule has 0 bridgehead atoms. The minimum atomic E-state index is 0.322. The Morgan fingerprint density at radius 1 is 1.32 bits per heavy atom. The molecule has 1 saturated heterocycles. The quantitative estimate of drug-likeness (QED) is 0.875. The summed E-state index contributed by atoms with van der Waals surface area (Å²) >= 11 is 0. The molecule has 2 aromatic heterocycles. The maximum Gasteiger partial charge on any atom is 0.199 e. The maximum atomic E-state index is 4.15. The number of nitrogens with zero attached hydrogens (tertiary/aromatic N) is 6. The third-order valence-electron chi connectivity index (χ3n) is 4.00. The zero-order chi connectivity index (χ0) is 13.3. The molecule has 0 aliphatic carbocycles. The van der Waals surface area contributed by atoms with Gasteiger partial charge in [0.15, 0.2) is 5.65 Å². The van der Waals surface area contributed by atoms with E-state index in [9.17, 15) is 0 Å². The molecule has 102 valence electrons. The number of hydrogen-bond donors (Lipinski definition) is 1. The first-order valence-electron chi connectivity index (χ1n) is 6.61. The van der Waals surface area contributed by atoms with Gasteiger partial charge in [0.2, 0.25) is 0 Å². The highest BCUT2D eigenvalue weighted by atomic mass is 15.5. The molecule has 3 heterocycles. The van der Waals surface area contributed by atoms with E-state index in [-0.39, 0.29) is 0 Å². The van der Waals surface area contributed by atoms with Crippen molar-refractivity contribution in [2.24, 2.45) is 5.41 Å². The van der Waals surface area contributed by atoms with Crippen molar-refractivity contribution in [1.82, 2.24) is 29.9 Å². The molecule has 0 amide bonds. The van der Waals surface area contributed by atoms with Crippen molar-refractivity contribution in [2.75, 3.05) is 32.0 Å². The molecule has 1 aliphatic heterocycles. The number of hydrogen-bond acceptors (Lipinski definition) is 6. The van der Waals surface area contributed by atoms with Crippen LogP contribution in [0.5, 0.6) is 0 Å². The third-order valence-corrected chi connectivity index (χ3v) is 4.00. The van der Waals surface area contributed by atoms with Crippen molar-refractivity contribution >= 4 is 11.5 Å². The molecule has 0 radical (unpaired) electrons. The molecule has 0 unspecified atom stereocenters. The van der Waals surface area contributed by atoms with Gasteiger partial charge in [-0.2, -0.15) is 4.52 Å². The van der Waals surface area contributed by atoms with E-state index in [1.165, 1.54) is 12.8 Å². The number of tetrazole rings is 1. The van der Waals surface area contributed by atoms with Crippen LogP contribution in [0.1, 0.15) is 19.8 Å². The van der Waals surface area contributed by atoms with Crippen LogP contribution in [0.25, 0.3) is 5.65 Å². The second kappa shape index (κ2) is 4.73. The van der Waals surface area contributed by atoms with E-state index in [1.54, 1.807) is 16.9 Å². The Kier molecular flexibility index (Phi) is 3.06. The molecular formula is C12H19N7. The zero-order valence-electron chi connectivity index (χ0n) is 11.4. The summed E-state index contributed by atoms with van der Waals surface area (Å²) in [5.41, 5.74) is 0.987. The number of rotatable bonds is 3. The topological polar surface area (TPSA) is 71.2 Å². The van der Waals surface area contributed by atoms with Crippen LogP contribution in [0.2, 0.25) is 0 Å². The summed E-state index contributed by atoms with van der Waals surface area (Å²) in [6, 6.07) is 0. The lowest BCUT2D eigenvalue weighted by atomic mass is 9.80. The van der Waals surface area contributed by atoms with E-state index in [1.807, 2.05) is 0 Å². The fraction of sp³-hybridized carbons (Fsp3) is 0.667. The lowest BCUT2D eigenvalue weighted by molar-refractivity contribution is 0.150. The van der Waals surface area contributed by atoms with Gasteiger partial charge in [-0.05, 0) is 48.8 Å². The van der Waals surface area contributed by atoms with E-state index in [0.717, 1.165) is 25.5 Å². The smallest absolute Gasteiger partial charge is 0.199 e. The van der Waals surface area contributed by atoms with Gasteiger partial charge in [0.1, 0.15) is 5.82 Å². The van der Waals surface area contributed by atoms with Gasteiger partial charge >= 0.3 is 0 Å². The molecule has 0 saturated carbocycles. The fourth-order valence-electron chi connectivity index (χ4n) is 2.43. The summed E-state index contributed by atoms with van der Waals surface area (Å²) < 4.78 is 1.69. The van der Waals surface area contributed by atoms with E-state index in [0.29, 0.717) is 11.1 Å².